The number of nitrogens with one attached hydrogen (secondary N) is 1. The molecule has 0 spiro atoms. The highest BCUT2D eigenvalue weighted by Gasteiger charge is 2.34. The van der Waals surface area contributed by atoms with E-state index in [1.807, 2.05) is 30.3 Å². The van der Waals surface area contributed by atoms with Gasteiger partial charge in [0.05, 0.1) is 12.5 Å². The molecule has 0 aliphatic carbocycles. The van der Waals surface area contributed by atoms with Crippen molar-refractivity contribution in [1.29, 1.82) is 0 Å². The lowest BCUT2D eigenvalue weighted by atomic mass is 10.0. The number of aromatic nitrogens is 3. The van der Waals surface area contributed by atoms with Gasteiger partial charge in [-0.3, -0.25) is 4.98 Å². The molecule has 1 N–H and O–H groups in total. The average Bonchev–Trinajstić information content (AvgIpc) is 3.55. The Balaban J connectivity index is 0.000000390. The van der Waals surface area contributed by atoms with Gasteiger partial charge in [0.1, 0.15) is 17.0 Å². The third-order valence-electron chi connectivity index (χ3n) is 7.78. The number of fused-ring (bicyclic) bond motifs is 4. The highest BCUT2D eigenvalue weighted by molar-refractivity contribution is 6.36. The van der Waals surface area contributed by atoms with Gasteiger partial charge < -0.3 is 19.9 Å². The van der Waals surface area contributed by atoms with Crippen LogP contribution in [0.1, 0.15) is 25.7 Å². The number of ether oxygens (including phenoxy) is 1. The molecule has 198 valence electrons. The number of hydrogen-bond donors (Lipinski definition) is 1. The van der Waals surface area contributed by atoms with Crippen LogP contribution < -0.4 is 15.0 Å². The summed E-state index contributed by atoms with van der Waals surface area (Å²) >= 11 is 6.48. The highest BCUT2D eigenvalue weighted by atomic mass is 35.5. The second kappa shape index (κ2) is 10.6. The molecule has 3 aliphatic rings. The summed E-state index contributed by atoms with van der Waals surface area (Å²) in [7, 11) is 3.67. The molecule has 7 rings (SSSR count). The number of likely N-dealkylation sites (tertiary alicyclic amines) is 1. The first-order valence-corrected chi connectivity index (χ1v) is 13.7. The lowest BCUT2D eigenvalue weighted by Crippen LogP contribution is -2.51. The number of hydrogen-bond acceptors (Lipinski definition) is 7. The van der Waals surface area contributed by atoms with E-state index in [2.05, 4.69) is 37.1 Å². The molecule has 3 aliphatic heterocycles. The van der Waals surface area contributed by atoms with Crippen LogP contribution in [0.15, 0.2) is 42.6 Å². The van der Waals surface area contributed by atoms with E-state index < -0.39 is 5.82 Å². The van der Waals surface area contributed by atoms with Crippen molar-refractivity contribution in [3.05, 3.63) is 53.4 Å². The zero-order chi connectivity index (χ0) is 26.2. The van der Waals surface area contributed by atoms with Crippen LogP contribution >= 0.6 is 11.6 Å². The first-order chi connectivity index (χ1) is 18.5. The molecule has 2 aromatic heterocycles. The summed E-state index contributed by atoms with van der Waals surface area (Å²) in [5.41, 5.74) is 1.04. The molecule has 38 heavy (non-hydrogen) atoms. The molecule has 3 fully saturated rings. The van der Waals surface area contributed by atoms with Gasteiger partial charge in [0.25, 0.3) is 0 Å². The molecule has 2 atom stereocenters. The predicted octanol–water partition coefficient (Wildman–Crippen LogP) is 5.30. The Bertz CT molecular complexity index is 1460. The van der Waals surface area contributed by atoms with Crippen molar-refractivity contribution in [3.63, 3.8) is 0 Å². The van der Waals surface area contributed by atoms with E-state index in [1.54, 1.807) is 12.3 Å². The molecule has 2 aromatic carbocycles. The first kappa shape index (κ1) is 25.2. The standard InChI is InChI=1S/C24H21ClFN5O.C5H11N/c1-32-24-29-22-17(23(30-24)31-11-14-8-9-15(12-31)28-14)10-27-21(20(22)26)16-6-2-4-13-5-3-7-18(25)19(13)16;1-6-4-2-3-5-6/h2-7,10,14-15,28H,8-9,11-12H2,1H3;2-5H2,1H3. The summed E-state index contributed by atoms with van der Waals surface area (Å²) in [5, 5.41) is 6.44. The molecule has 4 aromatic rings. The van der Waals surface area contributed by atoms with Gasteiger partial charge in [0.2, 0.25) is 0 Å². The van der Waals surface area contributed by atoms with Crippen molar-refractivity contribution < 1.29 is 9.13 Å². The maximum Gasteiger partial charge on any atom is 0.318 e. The smallest absolute Gasteiger partial charge is 0.318 e. The molecule has 0 radical (unpaired) electrons. The van der Waals surface area contributed by atoms with Crippen LogP contribution in [0.3, 0.4) is 0 Å². The molecule has 0 saturated carbocycles. The van der Waals surface area contributed by atoms with E-state index in [0.29, 0.717) is 33.9 Å². The molecule has 9 heteroatoms. The second-order valence-electron chi connectivity index (χ2n) is 10.4. The fourth-order valence-electron chi connectivity index (χ4n) is 5.88. The van der Waals surface area contributed by atoms with Crippen molar-refractivity contribution in [3.8, 4) is 17.3 Å². The third-order valence-corrected chi connectivity index (χ3v) is 8.10. The fraction of sp³-hybridized carbons (Fsp3) is 0.414. The van der Waals surface area contributed by atoms with Gasteiger partial charge in [-0.2, -0.15) is 9.97 Å². The maximum absolute atomic E-state index is 16.0. The monoisotopic (exact) mass is 534 g/mol. The zero-order valence-corrected chi connectivity index (χ0v) is 22.5. The Morgan fingerprint density at radius 1 is 1.03 bits per heavy atom. The van der Waals surface area contributed by atoms with Gasteiger partial charge in [-0.1, -0.05) is 41.9 Å². The van der Waals surface area contributed by atoms with Crippen molar-refractivity contribution in [1.82, 2.24) is 25.2 Å². The molecular formula is C29H32ClFN6O. The van der Waals surface area contributed by atoms with Gasteiger partial charge in [0.15, 0.2) is 5.82 Å². The van der Waals surface area contributed by atoms with Crippen molar-refractivity contribution in [2.45, 2.75) is 37.8 Å². The number of rotatable bonds is 3. The Labute approximate surface area is 227 Å². The maximum atomic E-state index is 16.0. The van der Waals surface area contributed by atoms with E-state index in [9.17, 15) is 0 Å². The molecule has 3 saturated heterocycles. The number of nitrogens with zero attached hydrogens (tertiary/aromatic N) is 5. The number of halogens is 2. The van der Waals surface area contributed by atoms with Gasteiger partial charge in [-0.15, -0.1) is 0 Å². The van der Waals surface area contributed by atoms with Crippen molar-refractivity contribution >= 4 is 39.1 Å². The van der Waals surface area contributed by atoms with Crippen LogP contribution in [0.25, 0.3) is 32.9 Å². The molecule has 0 amide bonds. The Morgan fingerprint density at radius 3 is 2.39 bits per heavy atom. The van der Waals surface area contributed by atoms with Crippen LogP contribution in [0.4, 0.5) is 10.2 Å². The minimum atomic E-state index is -0.505. The molecule has 2 bridgehead atoms. The van der Waals surface area contributed by atoms with Crippen LogP contribution in [0.2, 0.25) is 5.02 Å². The topological polar surface area (TPSA) is 66.4 Å². The zero-order valence-electron chi connectivity index (χ0n) is 21.8. The van der Waals surface area contributed by atoms with E-state index in [-0.39, 0.29) is 17.2 Å². The SMILES string of the molecule is CN1CCCC1.COc1nc(N2CC3CCC(C2)N3)c2cnc(-c3cccc4cccc(Cl)c34)c(F)c2n1. The second-order valence-corrected chi connectivity index (χ2v) is 10.8. The predicted molar refractivity (Wildman–Crippen MR) is 151 cm³/mol. The minimum Gasteiger partial charge on any atom is -0.467 e. The van der Waals surface area contributed by atoms with E-state index in [4.69, 9.17) is 16.3 Å². The number of piperazine rings is 1. The van der Waals surface area contributed by atoms with Crippen LogP contribution in [0.5, 0.6) is 6.01 Å². The lowest BCUT2D eigenvalue weighted by molar-refractivity contribution is 0.380. The molecule has 2 unspecified atom stereocenters. The Hall–Kier alpha value is -3.07. The number of benzene rings is 2. The first-order valence-electron chi connectivity index (χ1n) is 13.3. The van der Waals surface area contributed by atoms with Crippen molar-refractivity contribution in [2.75, 3.05) is 45.2 Å². The summed E-state index contributed by atoms with van der Waals surface area (Å²) in [6, 6.07) is 12.3. The van der Waals surface area contributed by atoms with Crippen LogP contribution in [-0.4, -0.2) is 72.3 Å². The summed E-state index contributed by atoms with van der Waals surface area (Å²) in [4.78, 5) is 18.0. The van der Waals surface area contributed by atoms with Gasteiger partial charge in [-0.05, 0) is 57.3 Å². The van der Waals surface area contributed by atoms with E-state index >= 15 is 4.39 Å². The van der Waals surface area contributed by atoms with Crippen LogP contribution in [0, 0.1) is 5.82 Å². The summed E-state index contributed by atoms with van der Waals surface area (Å²) < 4.78 is 21.3. The van der Waals surface area contributed by atoms with Gasteiger partial charge in [-0.25, -0.2) is 4.39 Å². The lowest BCUT2D eigenvalue weighted by Gasteiger charge is -2.34. The molecular weight excluding hydrogens is 503 g/mol. The van der Waals surface area contributed by atoms with Gasteiger partial charge in [0, 0.05) is 47.3 Å². The number of methoxy groups -OCH3 is 1. The van der Waals surface area contributed by atoms with Gasteiger partial charge >= 0.3 is 6.01 Å². The fourth-order valence-corrected chi connectivity index (χ4v) is 6.16. The number of pyridine rings is 1. The van der Waals surface area contributed by atoms with Crippen LogP contribution in [-0.2, 0) is 0 Å². The number of anilines is 1. The summed E-state index contributed by atoms with van der Waals surface area (Å²) in [5.74, 6) is 0.161. The molecule has 5 heterocycles. The Kier molecular flexibility index (Phi) is 7.03. The van der Waals surface area contributed by atoms with E-state index in [0.717, 1.165) is 36.7 Å². The highest BCUT2D eigenvalue weighted by Crippen LogP contribution is 2.37. The molecule has 7 nitrogen and oxygen atoms in total. The quantitative estimate of drug-likeness (QED) is 0.382. The summed E-state index contributed by atoms with van der Waals surface area (Å²) in [6.45, 7) is 4.27. The van der Waals surface area contributed by atoms with Crippen molar-refractivity contribution in [2.24, 2.45) is 0 Å². The largest absolute Gasteiger partial charge is 0.467 e. The van der Waals surface area contributed by atoms with E-state index in [1.165, 1.54) is 33.0 Å². The average molecular weight is 535 g/mol. The summed E-state index contributed by atoms with van der Waals surface area (Å²) in [6.07, 6.45) is 6.77. The Morgan fingerprint density at radius 2 is 1.74 bits per heavy atom. The minimum absolute atomic E-state index is 0.144. The third kappa shape index (κ3) is 4.77. The normalized spacial score (nSPS) is 21.1.